The minimum Gasteiger partial charge on any atom is -0.385 e. The van der Waals surface area contributed by atoms with Crippen molar-refractivity contribution in [2.45, 2.75) is 6.42 Å². The first-order chi connectivity index (χ1) is 7.77. The fraction of sp³-hybridized carbons (Fsp3) is 0.444. The second kappa shape index (κ2) is 6.70. The van der Waals surface area contributed by atoms with Crippen molar-refractivity contribution in [3.8, 4) is 0 Å². The molecule has 1 heterocycles. The Hall–Kier alpha value is -1.73. The zero-order chi connectivity index (χ0) is 11.8. The zero-order valence-corrected chi connectivity index (χ0v) is 9.06. The van der Waals surface area contributed by atoms with Crippen LogP contribution in [0.25, 0.3) is 0 Å². The van der Waals surface area contributed by atoms with Crippen LogP contribution in [0.5, 0.6) is 0 Å². The number of aromatic nitrogens is 2. The van der Waals surface area contributed by atoms with Gasteiger partial charge in [0.05, 0.1) is 12.4 Å². The molecule has 0 unspecified atom stereocenters. The van der Waals surface area contributed by atoms with Crippen molar-refractivity contribution in [3.63, 3.8) is 0 Å². The first-order valence-electron chi connectivity index (χ1n) is 4.83. The highest BCUT2D eigenvalue weighted by Gasteiger charge is 2.06. The molecule has 1 aromatic rings. The molecule has 0 aliphatic rings. The number of nitrogen functional groups attached to an aromatic ring is 1. The van der Waals surface area contributed by atoms with Crippen molar-refractivity contribution < 1.29 is 9.53 Å². The molecule has 0 fully saturated rings. The summed E-state index contributed by atoms with van der Waals surface area (Å²) in [6.45, 7) is 1.16. The molecule has 0 bridgehead atoms. The minimum atomic E-state index is -0.257. The van der Waals surface area contributed by atoms with Crippen LogP contribution in [0, 0.1) is 0 Å². The summed E-state index contributed by atoms with van der Waals surface area (Å²) in [6.07, 6.45) is 3.52. The molecule has 0 atom stereocenters. The number of nitrogens with one attached hydrogen (secondary N) is 2. The molecule has 88 valence electrons. The maximum Gasteiger partial charge on any atom is 0.271 e. The van der Waals surface area contributed by atoms with Crippen LogP contribution in [0.4, 0.5) is 5.82 Å². The van der Waals surface area contributed by atoms with Gasteiger partial charge in [0.15, 0.2) is 5.82 Å². The third kappa shape index (κ3) is 3.79. The van der Waals surface area contributed by atoms with Crippen LogP contribution in [0.1, 0.15) is 16.9 Å². The topological polar surface area (TPSA) is 102 Å². The van der Waals surface area contributed by atoms with E-state index in [1.807, 2.05) is 0 Å². The number of hydrogen-bond donors (Lipinski definition) is 3. The Morgan fingerprint density at radius 3 is 2.88 bits per heavy atom. The lowest BCUT2D eigenvalue weighted by molar-refractivity contribution is 0.0943. The van der Waals surface area contributed by atoms with Crippen LogP contribution in [0.15, 0.2) is 12.4 Å². The monoisotopic (exact) mass is 225 g/mol. The largest absolute Gasteiger partial charge is 0.385 e. The summed E-state index contributed by atoms with van der Waals surface area (Å²) in [4.78, 5) is 19.3. The Bertz CT molecular complexity index is 327. The van der Waals surface area contributed by atoms with E-state index in [0.717, 1.165) is 6.42 Å². The van der Waals surface area contributed by atoms with Crippen LogP contribution in [-0.2, 0) is 4.74 Å². The standard InChI is InChI=1S/C9H15N5O2/c1-16-4-2-3-11-9(15)7-5-13-8(14-10)6-12-7/h5-6H,2-4,10H2,1H3,(H,11,15)(H,13,14). The number of nitrogens with zero attached hydrogens (tertiary/aromatic N) is 2. The number of rotatable bonds is 6. The number of carbonyl (C=O) groups is 1. The molecule has 1 amide bonds. The van der Waals surface area contributed by atoms with Crippen molar-refractivity contribution in [2.75, 3.05) is 25.7 Å². The van der Waals surface area contributed by atoms with Gasteiger partial charge >= 0.3 is 0 Å². The average Bonchev–Trinajstić information content (AvgIpc) is 2.34. The minimum absolute atomic E-state index is 0.257. The molecule has 7 nitrogen and oxygen atoms in total. The molecule has 7 heteroatoms. The van der Waals surface area contributed by atoms with E-state index in [-0.39, 0.29) is 11.6 Å². The molecule has 0 radical (unpaired) electrons. The molecule has 0 aromatic carbocycles. The fourth-order valence-corrected chi connectivity index (χ4v) is 1.03. The van der Waals surface area contributed by atoms with Crippen LogP contribution in [0.3, 0.4) is 0 Å². The van der Waals surface area contributed by atoms with Gasteiger partial charge in [-0.3, -0.25) is 4.79 Å². The summed E-state index contributed by atoms with van der Waals surface area (Å²) in [5, 5.41) is 2.70. The molecular weight excluding hydrogens is 210 g/mol. The van der Waals surface area contributed by atoms with E-state index in [2.05, 4.69) is 20.7 Å². The Kier molecular flexibility index (Phi) is 5.17. The predicted molar refractivity (Wildman–Crippen MR) is 58.7 cm³/mol. The van der Waals surface area contributed by atoms with Gasteiger partial charge < -0.3 is 15.5 Å². The van der Waals surface area contributed by atoms with Gasteiger partial charge in [0.25, 0.3) is 5.91 Å². The Balaban J connectivity index is 2.40. The molecule has 0 saturated heterocycles. The number of amides is 1. The van der Waals surface area contributed by atoms with Gasteiger partial charge in [-0.05, 0) is 6.42 Å². The second-order valence-electron chi connectivity index (χ2n) is 3.03. The van der Waals surface area contributed by atoms with Gasteiger partial charge in [-0.1, -0.05) is 0 Å². The van der Waals surface area contributed by atoms with E-state index in [1.54, 1.807) is 7.11 Å². The highest BCUT2D eigenvalue weighted by atomic mass is 16.5. The summed E-state index contributed by atoms with van der Waals surface area (Å²) < 4.78 is 4.86. The molecule has 0 saturated carbocycles. The number of ether oxygens (including phenoxy) is 1. The molecule has 0 aliphatic heterocycles. The van der Waals surface area contributed by atoms with E-state index >= 15 is 0 Å². The summed E-state index contributed by atoms with van der Waals surface area (Å²) in [6, 6.07) is 0. The molecule has 1 aromatic heterocycles. The van der Waals surface area contributed by atoms with E-state index in [1.165, 1.54) is 12.4 Å². The number of methoxy groups -OCH3 is 1. The Morgan fingerprint density at radius 1 is 1.50 bits per heavy atom. The van der Waals surface area contributed by atoms with Crippen LogP contribution < -0.4 is 16.6 Å². The van der Waals surface area contributed by atoms with Crippen molar-refractivity contribution >= 4 is 11.7 Å². The Morgan fingerprint density at radius 2 is 2.31 bits per heavy atom. The number of anilines is 1. The third-order valence-electron chi connectivity index (χ3n) is 1.84. The van der Waals surface area contributed by atoms with Crippen molar-refractivity contribution in [2.24, 2.45) is 5.84 Å². The van der Waals surface area contributed by atoms with E-state index in [9.17, 15) is 4.79 Å². The maximum absolute atomic E-state index is 11.5. The van der Waals surface area contributed by atoms with E-state index in [0.29, 0.717) is 19.0 Å². The first-order valence-corrected chi connectivity index (χ1v) is 4.83. The fourth-order valence-electron chi connectivity index (χ4n) is 1.03. The lowest BCUT2D eigenvalue weighted by Gasteiger charge is -2.04. The van der Waals surface area contributed by atoms with Crippen molar-refractivity contribution in [3.05, 3.63) is 18.1 Å². The third-order valence-corrected chi connectivity index (χ3v) is 1.84. The normalized spacial score (nSPS) is 9.88. The van der Waals surface area contributed by atoms with Gasteiger partial charge in [0.2, 0.25) is 0 Å². The molecule has 16 heavy (non-hydrogen) atoms. The number of carbonyl (C=O) groups excluding carboxylic acids is 1. The van der Waals surface area contributed by atoms with Gasteiger partial charge in [0.1, 0.15) is 5.69 Å². The zero-order valence-electron chi connectivity index (χ0n) is 9.06. The Labute approximate surface area is 93.4 Å². The molecule has 4 N–H and O–H groups in total. The van der Waals surface area contributed by atoms with Gasteiger partial charge in [-0.25, -0.2) is 15.8 Å². The van der Waals surface area contributed by atoms with Crippen LogP contribution in [-0.4, -0.2) is 36.1 Å². The summed E-state index contributed by atoms with van der Waals surface area (Å²) in [5.41, 5.74) is 2.59. The number of hydrogen-bond acceptors (Lipinski definition) is 6. The summed E-state index contributed by atoms with van der Waals surface area (Å²) in [5.74, 6) is 5.28. The predicted octanol–water partition coefficient (Wildman–Crippen LogP) is -0.471. The maximum atomic E-state index is 11.5. The van der Waals surface area contributed by atoms with Crippen LogP contribution in [0.2, 0.25) is 0 Å². The van der Waals surface area contributed by atoms with Crippen molar-refractivity contribution in [1.82, 2.24) is 15.3 Å². The highest BCUT2D eigenvalue weighted by Crippen LogP contribution is 1.98. The molecule has 0 aliphatic carbocycles. The second-order valence-corrected chi connectivity index (χ2v) is 3.03. The first kappa shape index (κ1) is 12.3. The van der Waals surface area contributed by atoms with Gasteiger partial charge in [-0.15, -0.1) is 0 Å². The van der Waals surface area contributed by atoms with E-state index in [4.69, 9.17) is 10.6 Å². The lowest BCUT2D eigenvalue weighted by atomic mass is 10.4. The highest BCUT2D eigenvalue weighted by molar-refractivity contribution is 5.91. The van der Waals surface area contributed by atoms with Gasteiger partial charge in [-0.2, -0.15) is 0 Å². The number of hydrazine groups is 1. The molecule has 1 rings (SSSR count). The molecule has 0 spiro atoms. The summed E-state index contributed by atoms with van der Waals surface area (Å²) in [7, 11) is 1.62. The number of nitrogens with two attached hydrogens (primary N) is 1. The quantitative estimate of drug-likeness (QED) is 0.343. The van der Waals surface area contributed by atoms with Gasteiger partial charge in [0, 0.05) is 20.3 Å². The lowest BCUT2D eigenvalue weighted by Crippen LogP contribution is -2.26. The average molecular weight is 225 g/mol. The van der Waals surface area contributed by atoms with Crippen LogP contribution >= 0.6 is 0 Å². The molecular formula is C9H15N5O2. The SMILES string of the molecule is COCCCNC(=O)c1cnc(NN)cn1. The van der Waals surface area contributed by atoms with Crippen molar-refractivity contribution in [1.29, 1.82) is 0 Å². The van der Waals surface area contributed by atoms with E-state index < -0.39 is 0 Å². The summed E-state index contributed by atoms with van der Waals surface area (Å²) >= 11 is 0. The smallest absolute Gasteiger partial charge is 0.271 e.